The average Bonchev–Trinajstić information content (AvgIpc) is 2.18. The standard InChI is InChI=1S/C10H8BrN3/c11-8-3-1-2-7(4-8)10-5-9(12)6-13-14-10/h1-6H,(H2,12,14). The van der Waals surface area contributed by atoms with E-state index in [1.165, 1.54) is 6.20 Å². The fraction of sp³-hybridized carbons (Fsp3) is 0. The summed E-state index contributed by atoms with van der Waals surface area (Å²) in [5, 5.41) is 7.80. The quantitative estimate of drug-likeness (QED) is 0.845. The van der Waals surface area contributed by atoms with E-state index in [4.69, 9.17) is 5.73 Å². The second kappa shape index (κ2) is 3.75. The highest BCUT2D eigenvalue weighted by atomic mass is 79.9. The number of hydrogen-bond donors (Lipinski definition) is 1. The third-order valence-corrected chi connectivity index (χ3v) is 2.29. The summed E-state index contributed by atoms with van der Waals surface area (Å²) in [6.45, 7) is 0. The van der Waals surface area contributed by atoms with Gasteiger partial charge in [0.15, 0.2) is 0 Å². The monoisotopic (exact) mass is 249 g/mol. The molecule has 0 radical (unpaired) electrons. The van der Waals surface area contributed by atoms with Crippen LogP contribution >= 0.6 is 15.9 Å². The molecule has 0 saturated heterocycles. The number of nitrogens with two attached hydrogens (primary N) is 1. The SMILES string of the molecule is Nc1cnnc(-c2cccc(Br)c2)c1. The van der Waals surface area contributed by atoms with E-state index in [0.29, 0.717) is 5.69 Å². The van der Waals surface area contributed by atoms with Gasteiger partial charge in [0, 0.05) is 10.0 Å². The summed E-state index contributed by atoms with van der Waals surface area (Å²) < 4.78 is 1.01. The molecule has 0 aliphatic rings. The van der Waals surface area contributed by atoms with Crippen LogP contribution < -0.4 is 5.73 Å². The fourth-order valence-electron chi connectivity index (χ4n) is 1.17. The van der Waals surface area contributed by atoms with Gasteiger partial charge in [-0.2, -0.15) is 10.2 Å². The molecule has 70 valence electrons. The van der Waals surface area contributed by atoms with Crippen molar-refractivity contribution >= 4 is 21.6 Å². The van der Waals surface area contributed by atoms with Crippen molar-refractivity contribution in [2.75, 3.05) is 5.73 Å². The molecule has 0 spiro atoms. The van der Waals surface area contributed by atoms with Gasteiger partial charge in [0.25, 0.3) is 0 Å². The van der Waals surface area contributed by atoms with Crippen LogP contribution in [-0.4, -0.2) is 10.2 Å². The summed E-state index contributed by atoms with van der Waals surface area (Å²) in [5.74, 6) is 0. The lowest BCUT2D eigenvalue weighted by Gasteiger charge is -2.00. The predicted molar refractivity (Wildman–Crippen MR) is 59.6 cm³/mol. The second-order valence-electron chi connectivity index (χ2n) is 2.88. The minimum Gasteiger partial charge on any atom is -0.397 e. The Morgan fingerprint density at radius 1 is 1.21 bits per heavy atom. The predicted octanol–water partition coefficient (Wildman–Crippen LogP) is 2.49. The largest absolute Gasteiger partial charge is 0.397 e. The van der Waals surface area contributed by atoms with Gasteiger partial charge in [-0.25, -0.2) is 0 Å². The molecular weight excluding hydrogens is 242 g/mol. The first-order chi connectivity index (χ1) is 6.75. The molecule has 2 rings (SSSR count). The van der Waals surface area contributed by atoms with Gasteiger partial charge in [0.1, 0.15) is 0 Å². The van der Waals surface area contributed by atoms with Gasteiger partial charge in [0.05, 0.1) is 17.6 Å². The van der Waals surface area contributed by atoms with E-state index in [1.54, 1.807) is 6.07 Å². The van der Waals surface area contributed by atoms with Crippen molar-refractivity contribution in [1.29, 1.82) is 0 Å². The first-order valence-corrected chi connectivity index (χ1v) is 4.89. The van der Waals surface area contributed by atoms with E-state index in [9.17, 15) is 0 Å². The van der Waals surface area contributed by atoms with Crippen molar-refractivity contribution in [3.63, 3.8) is 0 Å². The van der Waals surface area contributed by atoms with E-state index in [2.05, 4.69) is 26.1 Å². The number of rotatable bonds is 1. The average molecular weight is 250 g/mol. The van der Waals surface area contributed by atoms with Gasteiger partial charge in [-0.1, -0.05) is 28.1 Å². The Hall–Kier alpha value is -1.42. The minimum atomic E-state index is 0.620. The van der Waals surface area contributed by atoms with E-state index in [1.807, 2.05) is 24.3 Å². The zero-order valence-electron chi connectivity index (χ0n) is 7.31. The number of nitrogens with zero attached hydrogens (tertiary/aromatic N) is 2. The van der Waals surface area contributed by atoms with E-state index < -0.39 is 0 Å². The molecule has 0 bridgehead atoms. The molecule has 1 heterocycles. The van der Waals surface area contributed by atoms with Crippen LogP contribution in [0.25, 0.3) is 11.3 Å². The van der Waals surface area contributed by atoms with Crippen LogP contribution in [0.2, 0.25) is 0 Å². The zero-order valence-corrected chi connectivity index (χ0v) is 8.90. The molecule has 1 aromatic heterocycles. The lowest BCUT2D eigenvalue weighted by Crippen LogP contribution is -1.91. The molecule has 2 aromatic rings. The van der Waals surface area contributed by atoms with Crippen molar-refractivity contribution in [3.8, 4) is 11.3 Å². The molecule has 0 aliphatic heterocycles. The highest BCUT2D eigenvalue weighted by molar-refractivity contribution is 9.10. The lowest BCUT2D eigenvalue weighted by molar-refractivity contribution is 1.04. The molecular formula is C10H8BrN3. The second-order valence-corrected chi connectivity index (χ2v) is 3.80. The molecule has 0 unspecified atom stereocenters. The van der Waals surface area contributed by atoms with Crippen LogP contribution in [0.4, 0.5) is 5.69 Å². The maximum atomic E-state index is 5.62. The van der Waals surface area contributed by atoms with Gasteiger partial charge in [-0.15, -0.1) is 0 Å². The maximum Gasteiger partial charge on any atom is 0.0950 e. The van der Waals surface area contributed by atoms with Crippen LogP contribution in [-0.2, 0) is 0 Å². The van der Waals surface area contributed by atoms with E-state index in [-0.39, 0.29) is 0 Å². The minimum absolute atomic E-state index is 0.620. The highest BCUT2D eigenvalue weighted by Gasteiger charge is 2.00. The van der Waals surface area contributed by atoms with Crippen molar-refractivity contribution in [3.05, 3.63) is 41.0 Å². The van der Waals surface area contributed by atoms with Crippen LogP contribution in [0, 0.1) is 0 Å². The first-order valence-electron chi connectivity index (χ1n) is 4.10. The molecule has 0 aliphatic carbocycles. The molecule has 0 saturated carbocycles. The fourth-order valence-corrected chi connectivity index (χ4v) is 1.57. The summed E-state index contributed by atoms with van der Waals surface area (Å²) in [7, 11) is 0. The van der Waals surface area contributed by atoms with Crippen molar-refractivity contribution in [2.45, 2.75) is 0 Å². The Morgan fingerprint density at radius 3 is 2.79 bits per heavy atom. The molecule has 2 N–H and O–H groups in total. The van der Waals surface area contributed by atoms with Crippen molar-refractivity contribution in [1.82, 2.24) is 10.2 Å². The lowest BCUT2D eigenvalue weighted by atomic mass is 10.1. The normalized spacial score (nSPS) is 10.1. The van der Waals surface area contributed by atoms with Gasteiger partial charge >= 0.3 is 0 Å². The van der Waals surface area contributed by atoms with Gasteiger partial charge in [0.2, 0.25) is 0 Å². The smallest absolute Gasteiger partial charge is 0.0950 e. The summed E-state index contributed by atoms with van der Waals surface area (Å²) in [6, 6.07) is 9.65. The number of hydrogen-bond acceptors (Lipinski definition) is 3. The summed E-state index contributed by atoms with van der Waals surface area (Å²) in [5.41, 5.74) is 8.02. The summed E-state index contributed by atoms with van der Waals surface area (Å²) >= 11 is 3.40. The number of nitrogen functional groups attached to an aromatic ring is 1. The van der Waals surface area contributed by atoms with E-state index in [0.717, 1.165) is 15.7 Å². The van der Waals surface area contributed by atoms with Crippen LogP contribution in [0.3, 0.4) is 0 Å². The van der Waals surface area contributed by atoms with E-state index >= 15 is 0 Å². The molecule has 3 nitrogen and oxygen atoms in total. The third kappa shape index (κ3) is 1.90. The number of benzene rings is 1. The Bertz CT molecular complexity index is 413. The summed E-state index contributed by atoms with van der Waals surface area (Å²) in [4.78, 5) is 0. The molecule has 0 atom stereocenters. The van der Waals surface area contributed by atoms with Gasteiger partial charge < -0.3 is 5.73 Å². The molecule has 0 fully saturated rings. The van der Waals surface area contributed by atoms with Crippen molar-refractivity contribution in [2.24, 2.45) is 0 Å². The van der Waals surface area contributed by atoms with Crippen LogP contribution in [0.5, 0.6) is 0 Å². The topological polar surface area (TPSA) is 51.8 Å². The van der Waals surface area contributed by atoms with Crippen LogP contribution in [0.1, 0.15) is 0 Å². The van der Waals surface area contributed by atoms with Gasteiger partial charge in [-0.05, 0) is 18.2 Å². The van der Waals surface area contributed by atoms with Crippen LogP contribution in [0.15, 0.2) is 41.0 Å². The van der Waals surface area contributed by atoms with Crippen molar-refractivity contribution < 1.29 is 0 Å². The third-order valence-electron chi connectivity index (χ3n) is 1.80. The Balaban J connectivity index is 2.49. The molecule has 14 heavy (non-hydrogen) atoms. The Kier molecular flexibility index (Phi) is 2.45. The molecule has 0 amide bonds. The number of aromatic nitrogens is 2. The highest BCUT2D eigenvalue weighted by Crippen LogP contribution is 2.21. The molecule has 4 heteroatoms. The Labute approximate surface area is 90.1 Å². The molecule has 1 aromatic carbocycles. The zero-order chi connectivity index (χ0) is 9.97. The Morgan fingerprint density at radius 2 is 2.07 bits per heavy atom. The maximum absolute atomic E-state index is 5.62. The summed E-state index contributed by atoms with van der Waals surface area (Å²) in [6.07, 6.45) is 1.53. The number of anilines is 1. The van der Waals surface area contributed by atoms with Gasteiger partial charge in [-0.3, -0.25) is 0 Å². The first kappa shape index (κ1) is 9.15. The number of halogens is 1.